The molecule has 0 saturated heterocycles. The Kier molecular flexibility index (Phi) is 6.48. The number of rotatable bonds is 0. The molecular formula is C9H15BrMg. The second-order valence-corrected chi connectivity index (χ2v) is 3.59. The first-order valence-electron chi connectivity index (χ1n) is 4.29. The van der Waals surface area contributed by atoms with Gasteiger partial charge in [0.15, 0.2) is 0 Å². The fourth-order valence-electron chi connectivity index (χ4n) is 2.27. The van der Waals surface area contributed by atoms with Crippen LogP contribution >= 0.6 is 0 Å². The van der Waals surface area contributed by atoms with E-state index >= 15 is 0 Å². The molecule has 0 aromatic rings. The van der Waals surface area contributed by atoms with E-state index in [9.17, 15) is 0 Å². The molecule has 2 heteroatoms. The molecule has 0 aliphatic heterocycles. The summed E-state index contributed by atoms with van der Waals surface area (Å²) in [5, 5.41) is 0. The van der Waals surface area contributed by atoms with Gasteiger partial charge in [0, 0.05) is 0 Å². The van der Waals surface area contributed by atoms with Crippen molar-refractivity contribution in [2.75, 3.05) is 0 Å². The predicted molar refractivity (Wildman–Crippen MR) is 44.8 cm³/mol. The van der Waals surface area contributed by atoms with Gasteiger partial charge >= 0.3 is 23.1 Å². The molecule has 2 bridgehead atoms. The average Bonchev–Trinajstić information content (AvgIpc) is 2.21. The molecule has 0 nitrogen and oxygen atoms in total. The fourth-order valence-corrected chi connectivity index (χ4v) is 2.27. The third kappa shape index (κ3) is 3.23. The Hall–Kier alpha value is 1.25. The first-order valence-corrected chi connectivity index (χ1v) is 4.29. The molecule has 0 radical (unpaired) electrons. The largest absolute Gasteiger partial charge is 2.00 e. The molecule has 0 spiro atoms. The van der Waals surface area contributed by atoms with Gasteiger partial charge in [0.2, 0.25) is 0 Å². The summed E-state index contributed by atoms with van der Waals surface area (Å²) in [6, 6.07) is 0. The summed E-state index contributed by atoms with van der Waals surface area (Å²) in [5.41, 5.74) is 0. The van der Waals surface area contributed by atoms with Gasteiger partial charge in [-0.25, -0.2) is 0 Å². The minimum atomic E-state index is 0. The first-order chi connectivity index (χ1) is 4.45. The number of halogens is 1. The average molecular weight is 227 g/mol. The van der Waals surface area contributed by atoms with Gasteiger partial charge in [-0.1, -0.05) is 25.7 Å². The predicted octanol–water partition coefficient (Wildman–Crippen LogP) is -0.442. The van der Waals surface area contributed by atoms with Crippen LogP contribution in [-0.2, 0) is 0 Å². The summed E-state index contributed by atoms with van der Waals surface area (Å²) in [7, 11) is 0. The monoisotopic (exact) mass is 226 g/mol. The molecule has 11 heavy (non-hydrogen) atoms. The van der Waals surface area contributed by atoms with E-state index in [2.05, 4.69) is 0 Å². The standard InChI is InChI=1S/C9H15.BrH.Mg/c1-2-8-4-6-9(3-1)7-5-8;;/h8H,1-7H2;1H;/q-1;;+2/p-1. The fraction of sp³-hybridized carbons (Fsp3) is 0.889. The third-order valence-electron chi connectivity index (χ3n) is 2.95. The van der Waals surface area contributed by atoms with Crippen LogP contribution in [0.25, 0.3) is 0 Å². The molecule has 3 fully saturated rings. The molecule has 0 atom stereocenters. The number of hydrogen-bond donors (Lipinski definition) is 0. The van der Waals surface area contributed by atoms with Crippen molar-refractivity contribution in [1.82, 2.24) is 0 Å². The quantitative estimate of drug-likeness (QED) is 0.389. The summed E-state index contributed by atoms with van der Waals surface area (Å²) in [6.45, 7) is 0. The van der Waals surface area contributed by atoms with E-state index < -0.39 is 0 Å². The molecule has 0 aromatic carbocycles. The van der Waals surface area contributed by atoms with Gasteiger partial charge in [-0.3, -0.25) is 0 Å². The van der Waals surface area contributed by atoms with Gasteiger partial charge in [0.05, 0.1) is 0 Å². The molecule has 3 rings (SSSR count). The number of hydrogen-bond acceptors (Lipinski definition) is 0. The maximum absolute atomic E-state index is 1.88. The maximum Gasteiger partial charge on any atom is 2.00 e. The van der Waals surface area contributed by atoms with E-state index in [0.717, 1.165) is 5.92 Å². The van der Waals surface area contributed by atoms with E-state index in [-0.39, 0.29) is 40.0 Å². The Morgan fingerprint density at radius 3 is 2.18 bits per heavy atom. The van der Waals surface area contributed by atoms with Gasteiger partial charge in [0.25, 0.3) is 0 Å². The van der Waals surface area contributed by atoms with E-state index in [1.165, 1.54) is 44.9 Å². The molecule has 0 unspecified atom stereocenters. The van der Waals surface area contributed by atoms with Crippen molar-refractivity contribution in [3.8, 4) is 0 Å². The van der Waals surface area contributed by atoms with Crippen LogP contribution in [0.1, 0.15) is 44.9 Å². The zero-order valence-electron chi connectivity index (χ0n) is 7.11. The molecule has 0 amide bonds. The van der Waals surface area contributed by atoms with Gasteiger partial charge in [0.1, 0.15) is 0 Å². The van der Waals surface area contributed by atoms with Crippen LogP contribution in [0.2, 0.25) is 0 Å². The third-order valence-corrected chi connectivity index (χ3v) is 2.95. The zero-order chi connectivity index (χ0) is 6.10. The molecule has 0 aromatic heterocycles. The van der Waals surface area contributed by atoms with Crippen molar-refractivity contribution in [2.24, 2.45) is 5.92 Å². The van der Waals surface area contributed by atoms with Crippen molar-refractivity contribution in [1.29, 1.82) is 0 Å². The van der Waals surface area contributed by atoms with E-state index in [1.54, 1.807) is 0 Å². The van der Waals surface area contributed by atoms with Crippen LogP contribution < -0.4 is 17.0 Å². The zero-order valence-corrected chi connectivity index (χ0v) is 10.1. The van der Waals surface area contributed by atoms with Crippen LogP contribution in [0.15, 0.2) is 0 Å². The molecular weight excluding hydrogens is 212 g/mol. The van der Waals surface area contributed by atoms with Crippen LogP contribution in [-0.4, -0.2) is 23.1 Å². The Morgan fingerprint density at radius 1 is 0.909 bits per heavy atom. The van der Waals surface area contributed by atoms with Gasteiger partial charge in [-0.15, -0.1) is 0 Å². The molecule has 3 aliphatic rings. The molecule has 60 valence electrons. The topological polar surface area (TPSA) is 0 Å². The Bertz CT molecular complexity index is 80.2. The van der Waals surface area contributed by atoms with E-state index in [4.69, 9.17) is 0 Å². The molecule has 0 N–H and O–H groups in total. The van der Waals surface area contributed by atoms with Gasteiger partial charge in [-0.2, -0.15) is 19.3 Å². The molecule has 0 heterocycles. The van der Waals surface area contributed by atoms with Crippen molar-refractivity contribution in [2.45, 2.75) is 44.9 Å². The SMILES string of the molecule is C1C[C-]2CCC(C1)CC2.[Br-].[Mg+2]. The summed E-state index contributed by atoms with van der Waals surface area (Å²) >= 11 is 0. The smallest absolute Gasteiger partial charge is 1.00 e. The molecule has 3 saturated carbocycles. The summed E-state index contributed by atoms with van der Waals surface area (Å²) in [4.78, 5) is 0. The molecule has 3 aliphatic carbocycles. The van der Waals surface area contributed by atoms with Gasteiger partial charge < -0.3 is 22.9 Å². The van der Waals surface area contributed by atoms with Crippen molar-refractivity contribution in [3.63, 3.8) is 0 Å². The minimum absolute atomic E-state index is 0. The van der Waals surface area contributed by atoms with Crippen LogP contribution in [0.5, 0.6) is 0 Å². The van der Waals surface area contributed by atoms with Crippen LogP contribution in [0.3, 0.4) is 0 Å². The Balaban J connectivity index is 0.000000500. The normalized spacial score (nSPS) is 25.1. The van der Waals surface area contributed by atoms with Crippen molar-refractivity contribution in [3.05, 3.63) is 5.92 Å². The summed E-state index contributed by atoms with van der Waals surface area (Å²) < 4.78 is 0. The summed E-state index contributed by atoms with van der Waals surface area (Å²) in [6.07, 6.45) is 10.5. The van der Waals surface area contributed by atoms with Crippen LogP contribution in [0, 0.1) is 11.8 Å². The van der Waals surface area contributed by atoms with Crippen LogP contribution in [0.4, 0.5) is 0 Å². The maximum atomic E-state index is 1.88. The van der Waals surface area contributed by atoms with Crippen molar-refractivity contribution < 1.29 is 17.0 Å². The van der Waals surface area contributed by atoms with E-state index in [1.807, 2.05) is 5.92 Å². The Morgan fingerprint density at radius 2 is 1.55 bits per heavy atom. The van der Waals surface area contributed by atoms with E-state index in [0.29, 0.717) is 0 Å². The Labute approximate surface area is 96.4 Å². The van der Waals surface area contributed by atoms with Gasteiger partial charge in [-0.05, 0) is 5.92 Å². The second-order valence-electron chi connectivity index (χ2n) is 3.59. The summed E-state index contributed by atoms with van der Waals surface area (Å²) in [5.74, 6) is 3.00. The second kappa shape index (κ2) is 5.82. The first kappa shape index (κ1) is 12.2. The number of fused-ring (bicyclic) bond motifs is 4. The van der Waals surface area contributed by atoms with Crippen molar-refractivity contribution >= 4 is 23.1 Å². The minimum Gasteiger partial charge on any atom is -1.00 e.